The van der Waals surface area contributed by atoms with Crippen molar-refractivity contribution >= 4 is 17.4 Å². The van der Waals surface area contributed by atoms with Crippen LogP contribution in [0, 0.1) is 0 Å². The second kappa shape index (κ2) is 6.27. The normalized spacial score (nSPS) is 10.3. The van der Waals surface area contributed by atoms with Crippen LogP contribution in [-0.2, 0) is 4.79 Å². The molecule has 5 nitrogen and oxygen atoms in total. The van der Waals surface area contributed by atoms with Gasteiger partial charge in [-0.2, -0.15) is 0 Å². The van der Waals surface area contributed by atoms with Crippen LogP contribution in [0.3, 0.4) is 0 Å². The summed E-state index contributed by atoms with van der Waals surface area (Å²) in [4.78, 5) is 30.7. The molecule has 1 aromatic carbocycles. The van der Waals surface area contributed by atoms with Crippen LogP contribution in [0.4, 0.5) is 5.69 Å². The van der Waals surface area contributed by atoms with Crippen molar-refractivity contribution in [2.24, 2.45) is 0 Å². The summed E-state index contributed by atoms with van der Waals surface area (Å²) in [5.74, 6) is -0.252. The molecule has 0 saturated heterocycles. The van der Waals surface area contributed by atoms with E-state index >= 15 is 0 Å². The molecule has 2 heterocycles. The van der Waals surface area contributed by atoms with Crippen molar-refractivity contribution < 1.29 is 9.59 Å². The minimum atomic E-state index is -0.132. The molecule has 0 aliphatic carbocycles. The lowest BCUT2D eigenvalue weighted by molar-refractivity contribution is -0.114. The number of benzene rings is 1. The van der Waals surface area contributed by atoms with Gasteiger partial charge in [0.05, 0.1) is 0 Å². The van der Waals surface area contributed by atoms with Crippen LogP contribution in [0.15, 0.2) is 61.1 Å². The van der Waals surface area contributed by atoms with Gasteiger partial charge in [-0.3, -0.25) is 14.6 Å². The third kappa shape index (κ3) is 3.18. The first-order valence-corrected chi connectivity index (χ1v) is 7.15. The molecule has 0 fully saturated rings. The number of hydrogen-bond donors (Lipinski definition) is 2. The van der Waals surface area contributed by atoms with Crippen molar-refractivity contribution in [1.82, 2.24) is 9.97 Å². The molecule has 1 amide bonds. The topological polar surface area (TPSA) is 74.8 Å². The molecule has 0 aliphatic rings. The summed E-state index contributed by atoms with van der Waals surface area (Å²) in [6, 6.07) is 12.6. The molecule has 114 valence electrons. The van der Waals surface area contributed by atoms with Gasteiger partial charge in [0.25, 0.3) is 0 Å². The van der Waals surface area contributed by atoms with Crippen LogP contribution in [0.25, 0.3) is 11.1 Å². The first-order chi connectivity index (χ1) is 11.1. The Morgan fingerprint density at radius 3 is 2.48 bits per heavy atom. The van der Waals surface area contributed by atoms with Crippen molar-refractivity contribution in [3.63, 3.8) is 0 Å². The summed E-state index contributed by atoms with van der Waals surface area (Å²) in [7, 11) is 0. The number of nitrogens with one attached hydrogen (secondary N) is 2. The van der Waals surface area contributed by atoms with E-state index in [0.717, 1.165) is 16.8 Å². The lowest BCUT2D eigenvalue weighted by atomic mass is 10.00. The molecule has 0 radical (unpaired) electrons. The fourth-order valence-corrected chi connectivity index (χ4v) is 2.36. The van der Waals surface area contributed by atoms with Gasteiger partial charge < -0.3 is 10.3 Å². The first-order valence-electron chi connectivity index (χ1n) is 7.15. The standard InChI is InChI=1S/C18H15N3O2/c1-12(22)21-14-7-5-13(6-8-14)15-10-19-11-16(15)18(23)17-4-2-3-9-20-17/h2-11,19H,1H3,(H,21,22). The monoisotopic (exact) mass is 305 g/mol. The lowest BCUT2D eigenvalue weighted by Gasteiger charge is -2.06. The number of carbonyl (C=O) groups excluding carboxylic acids is 2. The van der Waals surface area contributed by atoms with E-state index in [1.54, 1.807) is 48.9 Å². The van der Waals surface area contributed by atoms with Gasteiger partial charge in [-0.05, 0) is 29.8 Å². The Morgan fingerprint density at radius 2 is 1.83 bits per heavy atom. The molecule has 5 heteroatoms. The maximum absolute atomic E-state index is 12.6. The number of amides is 1. The fourth-order valence-electron chi connectivity index (χ4n) is 2.36. The highest BCUT2D eigenvalue weighted by Crippen LogP contribution is 2.26. The van der Waals surface area contributed by atoms with Gasteiger partial charge in [0, 0.05) is 42.3 Å². The van der Waals surface area contributed by atoms with Crippen LogP contribution in [0.5, 0.6) is 0 Å². The van der Waals surface area contributed by atoms with E-state index in [1.165, 1.54) is 6.92 Å². The maximum atomic E-state index is 12.6. The van der Waals surface area contributed by atoms with E-state index in [-0.39, 0.29) is 11.7 Å². The van der Waals surface area contributed by atoms with Crippen molar-refractivity contribution in [2.75, 3.05) is 5.32 Å². The first kappa shape index (κ1) is 14.7. The molecule has 3 rings (SSSR count). The van der Waals surface area contributed by atoms with Gasteiger partial charge in [0.1, 0.15) is 5.69 Å². The van der Waals surface area contributed by atoms with Crippen LogP contribution < -0.4 is 5.32 Å². The van der Waals surface area contributed by atoms with E-state index in [1.807, 2.05) is 12.1 Å². The molecule has 2 N–H and O–H groups in total. The molecule has 2 aromatic heterocycles. The van der Waals surface area contributed by atoms with Gasteiger partial charge in [-0.25, -0.2) is 0 Å². The van der Waals surface area contributed by atoms with Crippen LogP contribution in [0.2, 0.25) is 0 Å². The number of aromatic nitrogens is 2. The molecular formula is C18H15N3O2. The van der Waals surface area contributed by atoms with Gasteiger partial charge in [0.2, 0.25) is 11.7 Å². The number of H-pyrrole nitrogens is 1. The maximum Gasteiger partial charge on any atom is 0.221 e. The second-order valence-electron chi connectivity index (χ2n) is 5.09. The Bertz CT molecular complexity index is 836. The quantitative estimate of drug-likeness (QED) is 0.726. The molecular weight excluding hydrogens is 290 g/mol. The average molecular weight is 305 g/mol. The second-order valence-corrected chi connectivity index (χ2v) is 5.09. The molecule has 0 unspecified atom stereocenters. The predicted molar refractivity (Wildman–Crippen MR) is 88.2 cm³/mol. The lowest BCUT2D eigenvalue weighted by Crippen LogP contribution is -2.05. The van der Waals surface area contributed by atoms with Gasteiger partial charge >= 0.3 is 0 Å². The van der Waals surface area contributed by atoms with Gasteiger partial charge in [-0.1, -0.05) is 18.2 Å². The Morgan fingerprint density at radius 1 is 1.04 bits per heavy atom. The zero-order chi connectivity index (χ0) is 16.2. The number of rotatable bonds is 4. The largest absolute Gasteiger partial charge is 0.366 e. The molecule has 23 heavy (non-hydrogen) atoms. The fraction of sp³-hybridized carbons (Fsp3) is 0.0556. The zero-order valence-corrected chi connectivity index (χ0v) is 12.5. The third-order valence-electron chi connectivity index (χ3n) is 3.40. The number of ketones is 1. The number of carbonyl (C=O) groups is 2. The van der Waals surface area contributed by atoms with Crippen LogP contribution in [0.1, 0.15) is 23.0 Å². The van der Waals surface area contributed by atoms with Crippen LogP contribution >= 0.6 is 0 Å². The highest BCUT2D eigenvalue weighted by Gasteiger charge is 2.16. The summed E-state index contributed by atoms with van der Waals surface area (Å²) in [6.45, 7) is 1.46. The number of anilines is 1. The van der Waals surface area contributed by atoms with Crippen molar-refractivity contribution in [3.05, 3.63) is 72.3 Å². The summed E-state index contributed by atoms with van der Waals surface area (Å²) in [5.41, 5.74) is 3.38. The Balaban J connectivity index is 1.92. The summed E-state index contributed by atoms with van der Waals surface area (Å²) in [5, 5.41) is 2.72. The minimum Gasteiger partial charge on any atom is -0.366 e. The minimum absolute atomic E-state index is 0.120. The summed E-state index contributed by atoms with van der Waals surface area (Å²) in [6.07, 6.45) is 5.06. The Hall–Kier alpha value is -3.21. The van der Waals surface area contributed by atoms with E-state index in [4.69, 9.17) is 0 Å². The summed E-state index contributed by atoms with van der Waals surface area (Å²) < 4.78 is 0. The number of nitrogens with zero attached hydrogens (tertiary/aromatic N) is 1. The third-order valence-corrected chi connectivity index (χ3v) is 3.40. The van der Waals surface area contributed by atoms with Gasteiger partial charge in [-0.15, -0.1) is 0 Å². The average Bonchev–Trinajstić information content (AvgIpc) is 3.05. The molecule has 0 aliphatic heterocycles. The Labute approximate surface area is 133 Å². The van der Waals surface area contributed by atoms with E-state index in [0.29, 0.717) is 11.3 Å². The highest BCUT2D eigenvalue weighted by molar-refractivity contribution is 6.11. The van der Waals surface area contributed by atoms with Crippen molar-refractivity contribution in [2.45, 2.75) is 6.92 Å². The van der Waals surface area contributed by atoms with Gasteiger partial charge in [0.15, 0.2) is 0 Å². The number of hydrogen-bond acceptors (Lipinski definition) is 3. The van der Waals surface area contributed by atoms with E-state index < -0.39 is 0 Å². The van der Waals surface area contributed by atoms with Crippen LogP contribution in [-0.4, -0.2) is 21.7 Å². The SMILES string of the molecule is CC(=O)Nc1ccc(-c2c[nH]cc2C(=O)c2ccccn2)cc1. The van der Waals surface area contributed by atoms with Crippen molar-refractivity contribution in [3.8, 4) is 11.1 Å². The molecule has 0 saturated carbocycles. The molecule has 3 aromatic rings. The molecule has 0 spiro atoms. The predicted octanol–water partition coefficient (Wildman–Crippen LogP) is 3.27. The van der Waals surface area contributed by atoms with Crippen molar-refractivity contribution in [1.29, 1.82) is 0 Å². The molecule has 0 bridgehead atoms. The van der Waals surface area contributed by atoms with E-state index in [2.05, 4.69) is 15.3 Å². The van der Waals surface area contributed by atoms with E-state index in [9.17, 15) is 9.59 Å². The Kier molecular flexibility index (Phi) is 4.01. The highest BCUT2D eigenvalue weighted by atomic mass is 16.1. The number of aromatic amines is 1. The zero-order valence-electron chi connectivity index (χ0n) is 12.5. The smallest absolute Gasteiger partial charge is 0.221 e. The molecule has 0 atom stereocenters. The number of pyridine rings is 1. The summed E-state index contributed by atoms with van der Waals surface area (Å²) >= 11 is 0.